The van der Waals surface area contributed by atoms with Gasteiger partial charge in [0.2, 0.25) is 0 Å². The van der Waals surface area contributed by atoms with Crippen molar-refractivity contribution in [3.63, 3.8) is 0 Å². The molecule has 0 fully saturated rings. The Labute approximate surface area is 114 Å². The van der Waals surface area contributed by atoms with Gasteiger partial charge in [-0.25, -0.2) is 14.5 Å². The largest absolute Gasteiger partial charge is 0.465 e. The van der Waals surface area contributed by atoms with Crippen LogP contribution >= 0.6 is 0 Å². The molecule has 6 heteroatoms. The summed E-state index contributed by atoms with van der Waals surface area (Å²) in [6.07, 6.45) is 1.43. The molecule has 0 amide bonds. The van der Waals surface area contributed by atoms with Crippen molar-refractivity contribution >= 4 is 22.8 Å². The van der Waals surface area contributed by atoms with Crippen molar-refractivity contribution in [2.45, 2.75) is 0 Å². The average molecular weight is 268 g/mol. The molecule has 0 unspecified atom stereocenters. The van der Waals surface area contributed by atoms with Crippen LogP contribution in [0.3, 0.4) is 0 Å². The van der Waals surface area contributed by atoms with Crippen LogP contribution in [0, 0.1) is 0 Å². The van der Waals surface area contributed by atoms with Crippen molar-refractivity contribution in [2.24, 2.45) is 0 Å². The molecule has 2 heterocycles. The van der Waals surface area contributed by atoms with Gasteiger partial charge in [0, 0.05) is 6.20 Å². The number of rotatable bonds is 2. The van der Waals surface area contributed by atoms with E-state index in [2.05, 4.69) is 14.8 Å². The molecule has 3 rings (SSSR count). The van der Waals surface area contributed by atoms with E-state index < -0.39 is 5.97 Å². The second-order valence-corrected chi connectivity index (χ2v) is 4.22. The van der Waals surface area contributed by atoms with Crippen molar-refractivity contribution < 1.29 is 9.53 Å². The van der Waals surface area contributed by atoms with Crippen LogP contribution in [0.4, 0.5) is 5.82 Å². The Morgan fingerprint density at radius 3 is 2.75 bits per heavy atom. The maximum Gasteiger partial charge on any atom is 0.339 e. The first-order valence-corrected chi connectivity index (χ1v) is 5.98. The first-order valence-electron chi connectivity index (χ1n) is 5.98. The molecule has 2 aromatic heterocycles. The summed E-state index contributed by atoms with van der Waals surface area (Å²) in [6.45, 7) is 0. The van der Waals surface area contributed by atoms with E-state index in [4.69, 9.17) is 5.73 Å². The summed E-state index contributed by atoms with van der Waals surface area (Å²) in [5.41, 5.74) is 8.34. The molecule has 6 nitrogen and oxygen atoms in total. The second kappa shape index (κ2) is 4.65. The smallest absolute Gasteiger partial charge is 0.339 e. The number of esters is 1. The lowest BCUT2D eigenvalue weighted by Gasteiger charge is -2.01. The number of carbonyl (C=O) groups is 1. The molecule has 0 aliphatic rings. The monoisotopic (exact) mass is 268 g/mol. The number of benzene rings is 1. The molecule has 1 aromatic carbocycles. The fraction of sp³-hybridized carbons (Fsp3) is 0.0714. The van der Waals surface area contributed by atoms with E-state index in [0.717, 1.165) is 5.69 Å². The first-order chi connectivity index (χ1) is 9.70. The van der Waals surface area contributed by atoms with Gasteiger partial charge in [-0.15, -0.1) is 0 Å². The predicted molar refractivity (Wildman–Crippen MR) is 74.6 cm³/mol. The van der Waals surface area contributed by atoms with Crippen LogP contribution in [0.25, 0.3) is 16.7 Å². The Morgan fingerprint density at radius 1 is 1.30 bits per heavy atom. The summed E-state index contributed by atoms with van der Waals surface area (Å²) >= 11 is 0. The quantitative estimate of drug-likeness (QED) is 0.716. The molecule has 3 aromatic rings. The lowest BCUT2D eigenvalue weighted by Crippen LogP contribution is -2.01. The average Bonchev–Trinajstić information content (AvgIpc) is 2.84. The maximum atomic E-state index is 11.5. The van der Waals surface area contributed by atoms with Gasteiger partial charge in [0.05, 0.1) is 18.4 Å². The highest BCUT2D eigenvalue weighted by Gasteiger charge is 2.14. The zero-order chi connectivity index (χ0) is 14.1. The fourth-order valence-corrected chi connectivity index (χ4v) is 1.98. The maximum absolute atomic E-state index is 11.5. The zero-order valence-electron chi connectivity index (χ0n) is 10.8. The van der Waals surface area contributed by atoms with Crippen molar-refractivity contribution in [1.82, 2.24) is 14.8 Å². The lowest BCUT2D eigenvalue weighted by atomic mass is 10.2. The molecular weight excluding hydrogens is 256 g/mol. The van der Waals surface area contributed by atoms with Crippen LogP contribution in [-0.2, 0) is 4.74 Å². The molecule has 0 saturated heterocycles. The van der Waals surface area contributed by atoms with E-state index in [0.29, 0.717) is 22.4 Å². The summed E-state index contributed by atoms with van der Waals surface area (Å²) in [4.78, 5) is 15.7. The van der Waals surface area contributed by atoms with E-state index in [1.165, 1.54) is 13.3 Å². The summed E-state index contributed by atoms with van der Waals surface area (Å²) in [6, 6.07) is 11.1. The molecule has 2 N–H and O–H groups in total. The van der Waals surface area contributed by atoms with Crippen molar-refractivity contribution in [1.29, 1.82) is 0 Å². The Hall–Kier alpha value is -2.89. The van der Waals surface area contributed by atoms with Gasteiger partial charge < -0.3 is 10.5 Å². The van der Waals surface area contributed by atoms with Gasteiger partial charge in [-0.05, 0) is 18.2 Å². The number of ether oxygens (including phenoxy) is 1. The number of nitrogens with zero attached hydrogens (tertiary/aromatic N) is 3. The molecule has 100 valence electrons. The number of para-hydroxylation sites is 1. The Balaban J connectivity index is 2.17. The molecule has 20 heavy (non-hydrogen) atoms. The number of nitrogens with two attached hydrogens (primary N) is 1. The van der Waals surface area contributed by atoms with Gasteiger partial charge in [-0.2, -0.15) is 5.10 Å². The van der Waals surface area contributed by atoms with E-state index >= 15 is 0 Å². The van der Waals surface area contributed by atoms with E-state index in [1.807, 2.05) is 30.3 Å². The normalized spacial score (nSPS) is 10.7. The van der Waals surface area contributed by atoms with Crippen molar-refractivity contribution in [3.8, 4) is 5.69 Å². The number of anilines is 1. The predicted octanol–water partition coefficient (Wildman–Crippen LogP) is 1.79. The van der Waals surface area contributed by atoms with E-state index in [-0.39, 0.29) is 0 Å². The zero-order valence-corrected chi connectivity index (χ0v) is 10.8. The fourth-order valence-electron chi connectivity index (χ4n) is 1.98. The Kier molecular flexibility index (Phi) is 2.83. The standard InChI is InChI=1S/C14H12N4O2/c1-20-14(19)9-7-11-12(16-8-9)13(15)18(17-11)10-5-3-2-4-6-10/h2-8H,15H2,1H3. The Morgan fingerprint density at radius 2 is 2.05 bits per heavy atom. The first kappa shape index (κ1) is 12.2. The summed E-state index contributed by atoms with van der Waals surface area (Å²) in [5, 5.41) is 4.38. The lowest BCUT2D eigenvalue weighted by molar-refractivity contribution is 0.0600. The van der Waals surface area contributed by atoms with E-state index in [1.54, 1.807) is 10.7 Å². The highest BCUT2D eigenvalue weighted by Crippen LogP contribution is 2.22. The van der Waals surface area contributed by atoms with Gasteiger partial charge >= 0.3 is 5.97 Å². The van der Waals surface area contributed by atoms with Crippen LogP contribution < -0.4 is 5.73 Å². The van der Waals surface area contributed by atoms with Crippen LogP contribution in [0.15, 0.2) is 42.6 Å². The summed E-state index contributed by atoms with van der Waals surface area (Å²) in [5.74, 6) is -0.0187. The minimum atomic E-state index is -0.452. The van der Waals surface area contributed by atoms with Gasteiger partial charge in [0.1, 0.15) is 11.0 Å². The number of carbonyl (C=O) groups excluding carboxylic acids is 1. The molecule has 0 aliphatic carbocycles. The van der Waals surface area contributed by atoms with Gasteiger partial charge in [-0.1, -0.05) is 18.2 Å². The number of hydrogen-bond acceptors (Lipinski definition) is 5. The highest BCUT2D eigenvalue weighted by atomic mass is 16.5. The number of pyridine rings is 1. The van der Waals surface area contributed by atoms with Crippen molar-refractivity contribution in [2.75, 3.05) is 12.8 Å². The summed E-state index contributed by atoms with van der Waals surface area (Å²) in [7, 11) is 1.32. The molecule has 0 bridgehead atoms. The van der Waals surface area contributed by atoms with E-state index in [9.17, 15) is 4.79 Å². The second-order valence-electron chi connectivity index (χ2n) is 4.22. The highest BCUT2D eigenvalue weighted by molar-refractivity contribution is 5.95. The molecule has 0 saturated carbocycles. The third kappa shape index (κ3) is 1.87. The topological polar surface area (TPSA) is 83.0 Å². The number of fused-ring (bicyclic) bond motifs is 1. The molecule has 0 radical (unpaired) electrons. The van der Waals surface area contributed by atoms with Crippen LogP contribution in [0.2, 0.25) is 0 Å². The molecule has 0 aliphatic heterocycles. The Bertz CT molecular complexity index is 780. The minimum Gasteiger partial charge on any atom is -0.465 e. The number of methoxy groups -OCH3 is 1. The van der Waals surface area contributed by atoms with Crippen LogP contribution in [0.5, 0.6) is 0 Å². The van der Waals surface area contributed by atoms with Gasteiger partial charge in [-0.3, -0.25) is 0 Å². The minimum absolute atomic E-state index is 0.345. The van der Waals surface area contributed by atoms with Crippen LogP contribution in [-0.4, -0.2) is 27.8 Å². The van der Waals surface area contributed by atoms with Gasteiger partial charge in [0.15, 0.2) is 5.82 Å². The molecule has 0 atom stereocenters. The SMILES string of the molecule is COC(=O)c1cnc2c(N)n(-c3ccccc3)nc2c1. The van der Waals surface area contributed by atoms with Crippen molar-refractivity contribution in [3.05, 3.63) is 48.2 Å². The third-order valence-electron chi connectivity index (χ3n) is 2.97. The molecular formula is C14H12N4O2. The molecule has 0 spiro atoms. The number of aromatic nitrogens is 3. The van der Waals surface area contributed by atoms with Crippen LogP contribution in [0.1, 0.15) is 10.4 Å². The number of hydrogen-bond donors (Lipinski definition) is 1. The number of nitrogen functional groups attached to an aromatic ring is 1. The summed E-state index contributed by atoms with van der Waals surface area (Å²) < 4.78 is 6.26. The van der Waals surface area contributed by atoms with Gasteiger partial charge in [0.25, 0.3) is 0 Å². The third-order valence-corrected chi connectivity index (χ3v) is 2.97.